The normalized spacial score (nSPS) is 18.1. The number of thiol groups is 1. The Morgan fingerprint density at radius 3 is 2.68 bits per heavy atom. The van der Waals surface area contributed by atoms with Crippen LogP contribution in [0.25, 0.3) is 0 Å². The summed E-state index contributed by atoms with van der Waals surface area (Å²) in [6.07, 6.45) is 6.12. The third-order valence-electron chi connectivity index (χ3n) is 3.97. The molecule has 108 valence electrons. The van der Waals surface area contributed by atoms with E-state index in [1.54, 1.807) is 0 Å². The minimum absolute atomic E-state index is 0.841. The summed E-state index contributed by atoms with van der Waals surface area (Å²) in [5.74, 6) is 1.76. The highest BCUT2D eigenvalue weighted by molar-refractivity contribution is 7.79. The Labute approximate surface area is 127 Å². The number of thiazole rings is 1. The fraction of sp³-hybridized carbons (Fsp3) is 0.800. The van der Waals surface area contributed by atoms with Crippen LogP contribution in [0.2, 0.25) is 0 Å². The van der Waals surface area contributed by atoms with Crippen LogP contribution in [0.1, 0.15) is 48.7 Å². The molecule has 0 atom stereocenters. The summed E-state index contributed by atoms with van der Waals surface area (Å²) in [6.45, 7) is 8.31. The highest BCUT2D eigenvalue weighted by atomic mass is 32.1. The van der Waals surface area contributed by atoms with Gasteiger partial charge in [0.15, 0.2) is 0 Å². The van der Waals surface area contributed by atoms with Crippen LogP contribution in [0.3, 0.4) is 0 Å². The predicted molar refractivity (Wildman–Crippen MR) is 87.3 cm³/mol. The van der Waals surface area contributed by atoms with Gasteiger partial charge >= 0.3 is 0 Å². The van der Waals surface area contributed by atoms with E-state index in [0.717, 1.165) is 24.5 Å². The molecule has 0 unspecified atom stereocenters. The molecular formula is C15H26N2S2. The number of hydrogen-bond acceptors (Lipinski definition) is 4. The van der Waals surface area contributed by atoms with Crippen LogP contribution in [-0.2, 0) is 18.6 Å². The van der Waals surface area contributed by atoms with Crippen LogP contribution in [0.15, 0.2) is 0 Å². The highest BCUT2D eigenvalue weighted by Crippen LogP contribution is 2.23. The lowest BCUT2D eigenvalue weighted by molar-refractivity contribution is 0.194. The molecule has 4 heteroatoms. The monoisotopic (exact) mass is 298 g/mol. The van der Waals surface area contributed by atoms with Gasteiger partial charge in [0.05, 0.1) is 10.7 Å². The topological polar surface area (TPSA) is 16.1 Å². The number of hydrogen-bond donors (Lipinski definition) is 1. The molecule has 0 spiro atoms. The number of aryl methyl sites for hydroxylation is 1. The largest absolute Gasteiger partial charge is 0.303 e. The Balaban J connectivity index is 1.85. The van der Waals surface area contributed by atoms with Crippen molar-refractivity contribution in [3.63, 3.8) is 0 Å². The van der Waals surface area contributed by atoms with E-state index in [-0.39, 0.29) is 0 Å². The average Bonchev–Trinajstić information content (AvgIpc) is 2.81. The zero-order valence-electron chi connectivity index (χ0n) is 12.2. The summed E-state index contributed by atoms with van der Waals surface area (Å²) < 4.78 is 0. The molecule has 0 bridgehead atoms. The Hall–Kier alpha value is -0.0600. The summed E-state index contributed by atoms with van der Waals surface area (Å²) in [6, 6.07) is 0. The van der Waals surface area contributed by atoms with Crippen molar-refractivity contribution in [1.82, 2.24) is 9.88 Å². The summed E-state index contributed by atoms with van der Waals surface area (Å²) in [5.41, 5.74) is 1.30. The number of likely N-dealkylation sites (tertiary alicyclic amines) is 1. The molecule has 1 saturated heterocycles. The van der Waals surface area contributed by atoms with Gasteiger partial charge in [0, 0.05) is 23.6 Å². The zero-order valence-corrected chi connectivity index (χ0v) is 13.9. The maximum absolute atomic E-state index is 4.81. The van der Waals surface area contributed by atoms with Crippen LogP contribution in [-0.4, -0.2) is 29.5 Å². The van der Waals surface area contributed by atoms with Crippen molar-refractivity contribution in [3.05, 3.63) is 15.6 Å². The molecule has 1 aliphatic rings. The summed E-state index contributed by atoms with van der Waals surface area (Å²) >= 11 is 6.30. The molecular weight excluding hydrogens is 272 g/mol. The van der Waals surface area contributed by atoms with E-state index in [1.165, 1.54) is 54.5 Å². The van der Waals surface area contributed by atoms with Crippen LogP contribution in [0.5, 0.6) is 0 Å². The van der Waals surface area contributed by atoms with Gasteiger partial charge in [0.1, 0.15) is 0 Å². The minimum atomic E-state index is 0.841. The second kappa shape index (κ2) is 7.65. The molecule has 2 rings (SSSR count). The van der Waals surface area contributed by atoms with Gasteiger partial charge in [-0.1, -0.05) is 20.3 Å². The van der Waals surface area contributed by atoms with Crippen molar-refractivity contribution in [2.24, 2.45) is 5.92 Å². The number of aromatic nitrogens is 1. The fourth-order valence-corrected chi connectivity index (χ4v) is 3.98. The van der Waals surface area contributed by atoms with Gasteiger partial charge in [0.25, 0.3) is 0 Å². The van der Waals surface area contributed by atoms with E-state index in [9.17, 15) is 0 Å². The molecule has 0 N–H and O–H groups in total. The molecule has 0 saturated carbocycles. The minimum Gasteiger partial charge on any atom is -0.303 e. The Bertz CT molecular complexity index is 381. The Morgan fingerprint density at radius 1 is 1.32 bits per heavy atom. The molecule has 2 heterocycles. The maximum Gasteiger partial charge on any atom is 0.0944 e. The van der Waals surface area contributed by atoms with Crippen molar-refractivity contribution >= 4 is 24.0 Å². The Kier molecular flexibility index (Phi) is 6.17. The molecule has 19 heavy (non-hydrogen) atoms. The molecule has 2 nitrogen and oxygen atoms in total. The molecule has 1 aromatic rings. The van der Waals surface area contributed by atoms with Crippen molar-refractivity contribution in [2.75, 3.05) is 19.6 Å². The summed E-state index contributed by atoms with van der Waals surface area (Å²) in [5, 5.41) is 1.31. The van der Waals surface area contributed by atoms with E-state index >= 15 is 0 Å². The van der Waals surface area contributed by atoms with Crippen molar-refractivity contribution in [2.45, 2.75) is 51.7 Å². The van der Waals surface area contributed by atoms with E-state index in [1.807, 2.05) is 11.3 Å². The number of piperidine rings is 1. The second-order valence-corrected chi connectivity index (χ2v) is 7.14. The SMILES string of the molecule is CCCc1nc(CCN2CCC(C)CC2)sc1CS. The van der Waals surface area contributed by atoms with E-state index in [0.29, 0.717) is 0 Å². The quantitative estimate of drug-likeness (QED) is 0.804. The average molecular weight is 299 g/mol. The van der Waals surface area contributed by atoms with Crippen LogP contribution < -0.4 is 0 Å². The van der Waals surface area contributed by atoms with Gasteiger partial charge in [-0.05, 0) is 38.3 Å². The van der Waals surface area contributed by atoms with Crippen molar-refractivity contribution < 1.29 is 0 Å². The van der Waals surface area contributed by atoms with Crippen molar-refractivity contribution in [3.8, 4) is 0 Å². The number of rotatable bonds is 6. The van der Waals surface area contributed by atoms with E-state index < -0.39 is 0 Å². The van der Waals surface area contributed by atoms with Gasteiger partial charge in [-0.15, -0.1) is 11.3 Å². The molecule has 0 aliphatic carbocycles. The van der Waals surface area contributed by atoms with Gasteiger partial charge in [-0.25, -0.2) is 4.98 Å². The molecule has 0 radical (unpaired) electrons. The molecule has 1 aliphatic heterocycles. The van der Waals surface area contributed by atoms with Crippen molar-refractivity contribution in [1.29, 1.82) is 0 Å². The van der Waals surface area contributed by atoms with Crippen LogP contribution in [0.4, 0.5) is 0 Å². The number of nitrogens with zero attached hydrogens (tertiary/aromatic N) is 2. The molecule has 1 fully saturated rings. The van der Waals surface area contributed by atoms with Crippen LogP contribution in [0, 0.1) is 5.92 Å². The molecule has 0 aromatic carbocycles. The smallest absolute Gasteiger partial charge is 0.0944 e. The van der Waals surface area contributed by atoms with Crippen LogP contribution >= 0.6 is 24.0 Å². The van der Waals surface area contributed by atoms with Gasteiger partial charge in [0.2, 0.25) is 0 Å². The third kappa shape index (κ3) is 4.47. The predicted octanol–water partition coefficient (Wildman–Crippen LogP) is 3.80. The third-order valence-corrected chi connectivity index (χ3v) is 5.66. The van der Waals surface area contributed by atoms with E-state index in [4.69, 9.17) is 4.98 Å². The van der Waals surface area contributed by atoms with Gasteiger partial charge in [-0.3, -0.25) is 0 Å². The Morgan fingerprint density at radius 2 is 2.05 bits per heavy atom. The van der Waals surface area contributed by atoms with Gasteiger partial charge < -0.3 is 4.90 Å². The lowest BCUT2D eigenvalue weighted by Gasteiger charge is -2.29. The maximum atomic E-state index is 4.81. The lowest BCUT2D eigenvalue weighted by atomic mass is 9.99. The first kappa shape index (κ1) is 15.3. The second-order valence-electron chi connectivity index (χ2n) is 5.66. The molecule has 1 aromatic heterocycles. The fourth-order valence-electron chi connectivity index (χ4n) is 2.64. The highest BCUT2D eigenvalue weighted by Gasteiger charge is 2.16. The molecule has 0 amide bonds. The summed E-state index contributed by atoms with van der Waals surface area (Å²) in [7, 11) is 0. The first-order valence-electron chi connectivity index (χ1n) is 7.53. The van der Waals surface area contributed by atoms with Gasteiger partial charge in [-0.2, -0.15) is 12.6 Å². The lowest BCUT2D eigenvalue weighted by Crippen LogP contribution is -2.34. The standard InChI is InChI=1S/C15H26N2S2/c1-3-4-13-14(11-18)19-15(16-13)7-10-17-8-5-12(2)6-9-17/h12,18H,3-11H2,1-2H3. The first-order chi connectivity index (χ1) is 9.22. The summed E-state index contributed by atoms with van der Waals surface area (Å²) in [4.78, 5) is 8.79. The zero-order chi connectivity index (χ0) is 13.7. The first-order valence-corrected chi connectivity index (χ1v) is 8.98. The van der Waals surface area contributed by atoms with E-state index in [2.05, 4.69) is 31.4 Å².